The Morgan fingerprint density at radius 2 is 1.95 bits per heavy atom. The predicted molar refractivity (Wildman–Crippen MR) is 83.0 cm³/mol. The second-order valence-electron chi connectivity index (χ2n) is 4.73. The van der Waals surface area contributed by atoms with Crippen LogP contribution in [0.4, 0.5) is 4.79 Å². The largest absolute Gasteiger partial charge is 0.508 e. The van der Waals surface area contributed by atoms with Crippen molar-refractivity contribution in [1.82, 2.24) is 5.32 Å². The normalized spacial score (nSPS) is 10.0. The zero-order valence-electron chi connectivity index (χ0n) is 12.4. The van der Waals surface area contributed by atoms with E-state index in [-0.39, 0.29) is 12.4 Å². The summed E-state index contributed by atoms with van der Waals surface area (Å²) in [6.07, 6.45) is 0.0350. The molecule has 1 amide bonds. The molecular formula is C17H19NO4. The zero-order valence-corrected chi connectivity index (χ0v) is 12.4. The van der Waals surface area contributed by atoms with Crippen LogP contribution in [-0.2, 0) is 17.8 Å². The summed E-state index contributed by atoms with van der Waals surface area (Å²) in [5.41, 5.74) is 1.68. The van der Waals surface area contributed by atoms with Gasteiger partial charge in [-0.3, -0.25) is 0 Å². The number of benzene rings is 2. The van der Waals surface area contributed by atoms with Crippen molar-refractivity contribution >= 4 is 6.09 Å². The molecule has 0 unspecified atom stereocenters. The van der Waals surface area contributed by atoms with Crippen LogP contribution in [0.3, 0.4) is 0 Å². The maximum absolute atomic E-state index is 11.6. The van der Waals surface area contributed by atoms with Crippen LogP contribution in [0.25, 0.3) is 0 Å². The molecular weight excluding hydrogens is 282 g/mol. The van der Waals surface area contributed by atoms with Gasteiger partial charge in [-0.05, 0) is 23.6 Å². The molecule has 0 bridgehead atoms. The number of hydrogen-bond acceptors (Lipinski definition) is 4. The first-order chi connectivity index (χ1) is 10.7. The third-order valence-electron chi connectivity index (χ3n) is 3.17. The molecule has 2 N–H and O–H groups in total. The van der Waals surface area contributed by atoms with Gasteiger partial charge in [-0.2, -0.15) is 0 Å². The number of carbonyl (C=O) groups excluding carboxylic acids is 1. The first-order valence-electron chi connectivity index (χ1n) is 6.99. The lowest BCUT2D eigenvalue weighted by Crippen LogP contribution is -2.26. The van der Waals surface area contributed by atoms with Gasteiger partial charge in [-0.15, -0.1) is 0 Å². The summed E-state index contributed by atoms with van der Waals surface area (Å²) in [6, 6.07) is 14.6. The average Bonchev–Trinajstić information content (AvgIpc) is 2.55. The summed E-state index contributed by atoms with van der Waals surface area (Å²) in [6.45, 7) is 0.619. The average molecular weight is 301 g/mol. The molecule has 2 aromatic rings. The van der Waals surface area contributed by atoms with Crippen LogP contribution in [-0.4, -0.2) is 24.9 Å². The van der Waals surface area contributed by atoms with Gasteiger partial charge in [0.25, 0.3) is 0 Å². The highest BCUT2D eigenvalue weighted by atomic mass is 16.5. The number of ether oxygens (including phenoxy) is 2. The molecule has 0 aliphatic rings. The lowest BCUT2D eigenvalue weighted by molar-refractivity contribution is 0.140. The number of carbonyl (C=O) groups is 1. The Bertz CT molecular complexity index is 613. The van der Waals surface area contributed by atoms with E-state index in [9.17, 15) is 9.90 Å². The van der Waals surface area contributed by atoms with E-state index in [0.717, 1.165) is 11.1 Å². The van der Waals surface area contributed by atoms with Crippen LogP contribution >= 0.6 is 0 Å². The van der Waals surface area contributed by atoms with Crippen molar-refractivity contribution in [2.45, 2.75) is 13.0 Å². The number of hydrogen-bond donors (Lipinski definition) is 2. The van der Waals surface area contributed by atoms with E-state index >= 15 is 0 Å². The van der Waals surface area contributed by atoms with Gasteiger partial charge in [0.05, 0.1) is 7.11 Å². The molecule has 0 saturated carbocycles. The molecule has 0 fully saturated rings. The molecule has 2 rings (SSSR count). The molecule has 0 radical (unpaired) electrons. The van der Waals surface area contributed by atoms with E-state index in [1.54, 1.807) is 25.3 Å². The van der Waals surface area contributed by atoms with E-state index in [2.05, 4.69) is 5.32 Å². The second-order valence-corrected chi connectivity index (χ2v) is 4.73. The summed E-state index contributed by atoms with van der Waals surface area (Å²) in [5, 5.41) is 12.5. The molecule has 22 heavy (non-hydrogen) atoms. The summed E-state index contributed by atoms with van der Waals surface area (Å²) in [4.78, 5) is 11.6. The smallest absolute Gasteiger partial charge is 0.407 e. The van der Waals surface area contributed by atoms with E-state index in [4.69, 9.17) is 9.47 Å². The van der Waals surface area contributed by atoms with Crippen LogP contribution < -0.4 is 10.1 Å². The first kappa shape index (κ1) is 15.7. The third kappa shape index (κ3) is 4.70. The highest BCUT2D eigenvalue weighted by Gasteiger charge is 2.05. The van der Waals surface area contributed by atoms with Gasteiger partial charge in [0.1, 0.15) is 18.1 Å². The van der Waals surface area contributed by atoms with Gasteiger partial charge in [-0.1, -0.05) is 36.4 Å². The van der Waals surface area contributed by atoms with Crippen molar-refractivity contribution in [3.05, 3.63) is 59.7 Å². The fourth-order valence-electron chi connectivity index (χ4n) is 1.96. The quantitative estimate of drug-likeness (QED) is 0.861. The lowest BCUT2D eigenvalue weighted by atomic mass is 10.1. The van der Waals surface area contributed by atoms with E-state index in [0.29, 0.717) is 18.7 Å². The topological polar surface area (TPSA) is 67.8 Å². The minimum Gasteiger partial charge on any atom is -0.508 e. The fourth-order valence-corrected chi connectivity index (χ4v) is 1.96. The van der Waals surface area contributed by atoms with Gasteiger partial charge in [0, 0.05) is 12.6 Å². The van der Waals surface area contributed by atoms with Crippen molar-refractivity contribution in [3.8, 4) is 11.5 Å². The molecule has 0 saturated heterocycles. The Balaban J connectivity index is 1.73. The van der Waals surface area contributed by atoms with Gasteiger partial charge >= 0.3 is 6.09 Å². The maximum Gasteiger partial charge on any atom is 0.407 e. The Hall–Kier alpha value is -2.69. The van der Waals surface area contributed by atoms with Gasteiger partial charge in [0.2, 0.25) is 0 Å². The van der Waals surface area contributed by atoms with Crippen LogP contribution in [0.5, 0.6) is 11.5 Å². The number of methoxy groups -OCH3 is 1. The number of aromatic hydroxyl groups is 1. The van der Waals surface area contributed by atoms with Crippen LogP contribution in [0.15, 0.2) is 48.5 Å². The molecule has 116 valence electrons. The van der Waals surface area contributed by atoms with E-state index < -0.39 is 6.09 Å². The number of amides is 1. The fraction of sp³-hybridized carbons (Fsp3) is 0.235. The molecule has 0 aliphatic heterocycles. The SMILES string of the molecule is COc1ccc(CCNC(=O)OCc2ccccc2)c(O)c1. The van der Waals surface area contributed by atoms with Gasteiger partial charge in [-0.25, -0.2) is 4.79 Å². The zero-order chi connectivity index (χ0) is 15.8. The third-order valence-corrected chi connectivity index (χ3v) is 3.17. The summed E-state index contributed by atoms with van der Waals surface area (Å²) >= 11 is 0. The highest BCUT2D eigenvalue weighted by molar-refractivity contribution is 5.67. The van der Waals surface area contributed by atoms with Crippen molar-refractivity contribution in [1.29, 1.82) is 0 Å². The summed E-state index contributed by atoms with van der Waals surface area (Å²) < 4.78 is 10.1. The molecule has 5 heteroatoms. The summed E-state index contributed by atoms with van der Waals surface area (Å²) in [7, 11) is 1.54. The van der Waals surface area contributed by atoms with Gasteiger partial charge in [0.15, 0.2) is 0 Å². The number of nitrogens with one attached hydrogen (secondary N) is 1. The van der Waals surface area contributed by atoms with Crippen molar-refractivity contribution in [2.24, 2.45) is 0 Å². The Morgan fingerprint density at radius 3 is 2.64 bits per heavy atom. The second kappa shape index (κ2) is 7.93. The Kier molecular flexibility index (Phi) is 5.65. The van der Waals surface area contributed by atoms with E-state index in [1.165, 1.54) is 0 Å². The van der Waals surface area contributed by atoms with Crippen molar-refractivity contribution in [3.63, 3.8) is 0 Å². The Labute approximate surface area is 129 Å². The molecule has 5 nitrogen and oxygen atoms in total. The van der Waals surface area contributed by atoms with Crippen LogP contribution in [0.1, 0.15) is 11.1 Å². The Morgan fingerprint density at radius 1 is 1.18 bits per heavy atom. The maximum atomic E-state index is 11.6. The first-order valence-corrected chi connectivity index (χ1v) is 6.99. The molecule has 0 atom stereocenters. The lowest BCUT2D eigenvalue weighted by Gasteiger charge is -2.09. The molecule has 0 spiro atoms. The molecule has 0 aromatic heterocycles. The van der Waals surface area contributed by atoms with Crippen molar-refractivity contribution in [2.75, 3.05) is 13.7 Å². The monoisotopic (exact) mass is 301 g/mol. The summed E-state index contributed by atoms with van der Waals surface area (Å²) in [5.74, 6) is 0.746. The number of rotatable bonds is 6. The minimum absolute atomic E-state index is 0.152. The molecule has 2 aromatic carbocycles. The van der Waals surface area contributed by atoms with E-state index in [1.807, 2.05) is 30.3 Å². The molecule has 0 aliphatic carbocycles. The van der Waals surface area contributed by atoms with Gasteiger partial charge < -0.3 is 19.9 Å². The van der Waals surface area contributed by atoms with Crippen molar-refractivity contribution < 1.29 is 19.4 Å². The number of phenols is 1. The standard InChI is InChI=1S/C17H19NO4/c1-21-15-8-7-14(16(19)11-15)9-10-18-17(20)22-12-13-5-3-2-4-6-13/h2-8,11,19H,9-10,12H2,1H3,(H,18,20). The highest BCUT2D eigenvalue weighted by Crippen LogP contribution is 2.23. The van der Waals surface area contributed by atoms with Crippen LogP contribution in [0, 0.1) is 0 Å². The predicted octanol–water partition coefficient (Wildman–Crippen LogP) is 2.87. The van der Waals surface area contributed by atoms with Crippen LogP contribution in [0.2, 0.25) is 0 Å². The molecule has 0 heterocycles. The number of alkyl carbamates (subject to hydrolysis) is 1. The minimum atomic E-state index is -0.475. The number of phenolic OH excluding ortho intramolecular Hbond substituents is 1.